The van der Waals surface area contributed by atoms with Crippen molar-refractivity contribution in [2.75, 3.05) is 12.4 Å². The van der Waals surface area contributed by atoms with Gasteiger partial charge in [0.2, 0.25) is 5.91 Å². The Bertz CT molecular complexity index is 1740. The second-order valence-corrected chi connectivity index (χ2v) is 9.48. The number of thiophene rings is 1. The predicted octanol–water partition coefficient (Wildman–Crippen LogP) is 4.98. The van der Waals surface area contributed by atoms with Gasteiger partial charge in [0.1, 0.15) is 17.0 Å². The zero-order valence-corrected chi connectivity index (χ0v) is 20.4. The van der Waals surface area contributed by atoms with Gasteiger partial charge in [-0.25, -0.2) is 9.36 Å². The maximum Gasteiger partial charge on any atom is 0.336 e. The Labute approximate surface area is 208 Å². The summed E-state index contributed by atoms with van der Waals surface area (Å²) in [5, 5.41) is 3.95. The van der Waals surface area contributed by atoms with Crippen molar-refractivity contribution < 1.29 is 9.53 Å². The SMILES string of the molecule is COc1cccc(NC(=O)Cn2c(=O)n(-c3cc(Cl)ccc3C)c(=O)c3sc4ccccc4c32)c1. The molecule has 5 aromatic rings. The lowest BCUT2D eigenvalue weighted by Gasteiger charge is -2.14. The van der Waals surface area contributed by atoms with Crippen LogP contribution in [0.15, 0.2) is 76.3 Å². The van der Waals surface area contributed by atoms with Gasteiger partial charge in [-0.2, -0.15) is 0 Å². The molecule has 5 rings (SSSR count). The molecular formula is C26H20ClN3O4S. The summed E-state index contributed by atoms with van der Waals surface area (Å²) in [6.45, 7) is 1.51. The van der Waals surface area contributed by atoms with Crippen LogP contribution in [0.25, 0.3) is 26.0 Å². The minimum atomic E-state index is -0.614. The Morgan fingerprint density at radius 2 is 1.86 bits per heavy atom. The van der Waals surface area contributed by atoms with Crippen molar-refractivity contribution in [2.24, 2.45) is 0 Å². The van der Waals surface area contributed by atoms with Crippen molar-refractivity contribution in [1.29, 1.82) is 0 Å². The monoisotopic (exact) mass is 505 g/mol. The Morgan fingerprint density at radius 1 is 1.06 bits per heavy atom. The standard InChI is InChI=1S/C26H20ClN3O4S/c1-15-10-11-16(27)12-20(15)30-25(32)24-23(19-8-3-4-9-21(19)35-24)29(26(30)33)14-22(31)28-17-6-5-7-18(13-17)34-2/h3-13H,14H2,1-2H3,(H,28,31). The average Bonchev–Trinajstić information content (AvgIpc) is 3.24. The Kier molecular flexibility index (Phi) is 5.92. The van der Waals surface area contributed by atoms with Gasteiger partial charge in [0.05, 0.1) is 18.3 Å². The number of methoxy groups -OCH3 is 1. The van der Waals surface area contributed by atoms with Gasteiger partial charge >= 0.3 is 5.69 Å². The summed E-state index contributed by atoms with van der Waals surface area (Å²) in [5.74, 6) is 0.182. The molecule has 0 saturated heterocycles. The lowest BCUT2D eigenvalue weighted by Crippen LogP contribution is -2.40. The zero-order valence-electron chi connectivity index (χ0n) is 18.9. The molecular weight excluding hydrogens is 486 g/mol. The van der Waals surface area contributed by atoms with E-state index in [4.69, 9.17) is 16.3 Å². The van der Waals surface area contributed by atoms with E-state index in [9.17, 15) is 14.4 Å². The number of carbonyl (C=O) groups is 1. The molecule has 3 aromatic carbocycles. The van der Waals surface area contributed by atoms with E-state index in [1.165, 1.54) is 15.9 Å². The van der Waals surface area contributed by atoms with Crippen molar-refractivity contribution in [1.82, 2.24) is 9.13 Å². The number of hydrogen-bond donors (Lipinski definition) is 1. The van der Waals surface area contributed by atoms with Crippen LogP contribution in [0.2, 0.25) is 5.02 Å². The summed E-state index contributed by atoms with van der Waals surface area (Å²) in [7, 11) is 1.54. The number of fused-ring (bicyclic) bond motifs is 3. The first-order valence-corrected chi connectivity index (χ1v) is 11.9. The highest BCUT2D eigenvalue weighted by Crippen LogP contribution is 2.31. The maximum absolute atomic E-state index is 13.8. The molecule has 0 aliphatic carbocycles. The van der Waals surface area contributed by atoms with Gasteiger partial charge in [-0.1, -0.05) is 41.9 Å². The summed E-state index contributed by atoms with van der Waals surface area (Å²) in [6.07, 6.45) is 0. The smallest absolute Gasteiger partial charge is 0.336 e. The van der Waals surface area contributed by atoms with Gasteiger partial charge in [0.25, 0.3) is 5.56 Å². The molecule has 0 aliphatic heterocycles. The summed E-state index contributed by atoms with van der Waals surface area (Å²) in [6, 6.07) is 19.4. The molecule has 35 heavy (non-hydrogen) atoms. The highest BCUT2D eigenvalue weighted by Gasteiger charge is 2.21. The van der Waals surface area contributed by atoms with E-state index in [0.717, 1.165) is 14.7 Å². The fourth-order valence-electron chi connectivity index (χ4n) is 4.08. The Hall–Kier alpha value is -3.88. The largest absolute Gasteiger partial charge is 0.497 e. The maximum atomic E-state index is 13.8. The lowest BCUT2D eigenvalue weighted by molar-refractivity contribution is -0.116. The molecule has 7 nitrogen and oxygen atoms in total. The van der Waals surface area contributed by atoms with Gasteiger partial charge in [-0.05, 0) is 42.8 Å². The second-order valence-electron chi connectivity index (χ2n) is 8.00. The van der Waals surface area contributed by atoms with Gasteiger partial charge in [-0.15, -0.1) is 11.3 Å². The first kappa shape index (κ1) is 22.9. The minimum absolute atomic E-state index is 0.285. The number of nitrogens with one attached hydrogen (secondary N) is 1. The molecule has 0 bridgehead atoms. The number of halogens is 1. The molecule has 0 radical (unpaired) electrons. The average molecular weight is 506 g/mol. The summed E-state index contributed by atoms with van der Waals surface area (Å²) in [4.78, 5) is 40.4. The molecule has 0 unspecified atom stereocenters. The third-order valence-corrected chi connectivity index (χ3v) is 7.11. The first-order chi connectivity index (χ1) is 16.9. The van der Waals surface area contributed by atoms with Gasteiger partial charge in [0.15, 0.2) is 0 Å². The van der Waals surface area contributed by atoms with E-state index in [1.54, 1.807) is 56.5 Å². The molecule has 0 spiro atoms. The van der Waals surface area contributed by atoms with Crippen LogP contribution in [0, 0.1) is 6.92 Å². The third kappa shape index (κ3) is 4.11. The van der Waals surface area contributed by atoms with Gasteiger partial charge < -0.3 is 10.1 Å². The molecule has 1 amide bonds. The van der Waals surface area contributed by atoms with Crippen LogP contribution in [0.1, 0.15) is 5.56 Å². The van der Waals surface area contributed by atoms with Crippen molar-refractivity contribution in [3.05, 3.63) is 98.2 Å². The van der Waals surface area contributed by atoms with Crippen LogP contribution in [0.4, 0.5) is 5.69 Å². The number of nitrogens with zero attached hydrogens (tertiary/aromatic N) is 2. The third-order valence-electron chi connectivity index (χ3n) is 5.73. The van der Waals surface area contributed by atoms with E-state index < -0.39 is 17.2 Å². The van der Waals surface area contributed by atoms with Crippen LogP contribution in [0.5, 0.6) is 5.75 Å². The zero-order chi connectivity index (χ0) is 24.7. The number of aryl methyl sites for hydroxylation is 1. The van der Waals surface area contributed by atoms with Crippen LogP contribution < -0.4 is 21.3 Å². The number of ether oxygens (including phenoxy) is 1. The van der Waals surface area contributed by atoms with Crippen LogP contribution in [0.3, 0.4) is 0 Å². The highest BCUT2D eigenvalue weighted by molar-refractivity contribution is 7.25. The topological polar surface area (TPSA) is 82.3 Å². The quantitative estimate of drug-likeness (QED) is 0.365. The number of benzene rings is 3. The first-order valence-electron chi connectivity index (χ1n) is 10.7. The van der Waals surface area contributed by atoms with Gasteiger partial charge in [-0.3, -0.25) is 14.2 Å². The van der Waals surface area contributed by atoms with Crippen LogP contribution in [-0.4, -0.2) is 22.2 Å². The molecule has 0 fully saturated rings. The van der Waals surface area contributed by atoms with Crippen molar-refractivity contribution in [2.45, 2.75) is 13.5 Å². The molecule has 0 atom stereocenters. The number of amides is 1. The minimum Gasteiger partial charge on any atom is -0.497 e. The number of carbonyl (C=O) groups excluding carboxylic acids is 1. The van der Waals surface area contributed by atoms with E-state index in [-0.39, 0.29) is 6.54 Å². The summed E-state index contributed by atoms with van der Waals surface area (Å²) < 4.78 is 8.90. The number of rotatable bonds is 5. The van der Waals surface area contributed by atoms with E-state index in [2.05, 4.69) is 5.32 Å². The molecule has 0 aliphatic rings. The molecule has 2 heterocycles. The Morgan fingerprint density at radius 3 is 2.66 bits per heavy atom. The molecule has 2 aromatic heterocycles. The van der Waals surface area contributed by atoms with Crippen molar-refractivity contribution in [3.8, 4) is 11.4 Å². The fourth-order valence-corrected chi connectivity index (χ4v) is 5.38. The second kappa shape index (κ2) is 9.05. The van der Waals surface area contributed by atoms with Crippen LogP contribution in [-0.2, 0) is 11.3 Å². The molecule has 9 heteroatoms. The van der Waals surface area contributed by atoms with Crippen LogP contribution >= 0.6 is 22.9 Å². The molecule has 1 N–H and O–H groups in total. The van der Waals surface area contributed by atoms with Crippen molar-refractivity contribution >= 4 is 54.8 Å². The Balaban J connectivity index is 1.72. The van der Waals surface area contributed by atoms with E-state index >= 15 is 0 Å². The lowest BCUT2D eigenvalue weighted by atomic mass is 10.2. The van der Waals surface area contributed by atoms with Gasteiger partial charge in [0, 0.05) is 26.9 Å². The van der Waals surface area contributed by atoms with Crippen molar-refractivity contribution in [3.63, 3.8) is 0 Å². The normalized spacial score (nSPS) is 11.2. The van der Waals surface area contributed by atoms with E-state index in [1.807, 2.05) is 24.3 Å². The predicted molar refractivity (Wildman–Crippen MR) is 141 cm³/mol. The number of hydrogen-bond acceptors (Lipinski definition) is 5. The molecule has 0 saturated carbocycles. The highest BCUT2D eigenvalue weighted by atomic mass is 35.5. The summed E-state index contributed by atoms with van der Waals surface area (Å²) in [5.41, 5.74) is 1.01. The number of anilines is 1. The van der Waals surface area contributed by atoms with E-state index in [0.29, 0.717) is 37.9 Å². The number of aromatic nitrogens is 2. The molecule has 176 valence electrons. The fraction of sp³-hybridized carbons (Fsp3) is 0.115. The summed E-state index contributed by atoms with van der Waals surface area (Å²) >= 11 is 7.49.